The largest absolute Gasteiger partial charge is 0.373 e. The van der Waals surface area contributed by atoms with Crippen LogP contribution in [0.15, 0.2) is 54.6 Å². The monoisotopic (exact) mass is 336 g/mol. The molecule has 4 heteroatoms. The third-order valence-corrected chi connectivity index (χ3v) is 5.26. The highest BCUT2D eigenvalue weighted by molar-refractivity contribution is 5.74. The normalized spacial score (nSPS) is 24.7. The van der Waals surface area contributed by atoms with Crippen LogP contribution in [0.5, 0.6) is 0 Å². The van der Waals surface area contributed by atoms with Gasteiger partial charge in [-0.1, -0.05) is 54.6 Å². The number of amides is 2. The molecule has 1 aliphatic heterocycles. The average Bonchev–Trinajstić information content (AvgIpc) is 2.63. The second-order valence-corrected chi connectivity index (χ2v) is 6.95. The van der Waals surface area contributed by atoms with Gasteiger partial charge in [-0.25, -0.2) is 4.79 Å². The third-order valence-electron chi connectivity index (χ3n) is 5.26. The molecular formula is C21H24N2O2. The summed E-state index contributed by atoms with van der Waals surface area (Å²) in [6.45, 7) is 1.38. The van der Waals surface area contributed by atoms with E-state index in [1.54, 1.807) is 0 Å². The van der Waals surface area contributed by atoms with E-state index in [-0.39, 0.29) is 18.2 Å². The van der Waals surface area contributed by atoms with Crippen molar-refractivity contribution in [1.29, 1.82) is 0 Å². The Bertz CT molecular complexity index is 732. The van der Waals surface area contributed by atoms with E-state index < -0.39 is 0 Å². The van der Waals surface area contributed by atoms with Crippen LogP contribution >= 0.6 is 0 Å². The molecule has 1 fully saturated rings. The third kappa shape index (κ3) is 3.69. The summed E-state index contributed by atoms with van der Waals surface area (Å²) >= 11 is 0. The fourth-order valence-electron chi connectivity index (χ4n) is 3.83. The van der Waals surface area contributed by atoms with E-state index in [0.717, 1.165) is 19.3 Å². The van der Waals surface area contributed by atoms with Gasteiger partial charge in [-0.15, -0.1) is 0 Å². The van der Waals surface area contributed by atoms with E-state index in [1.807, 2.05) is 18.2 Å². The maximum absolute atomic E-state index is 12.2. The number of hydrogen-bond donors (Lipinski definition) is 2. The number of ether oxygens (including phenoxy) is 1. The number of carbonyl (C=O) groups excluding carboxylic acids is 1. The quantitative estimate of drug-likeness (QED) is 0.897. The molecular weight excluding hydrogens is 312 g/mol. The minimum atomic E-state index is -0.0666. The summed E-state index contributed by atoms with van der Waals surface area (Å²) in [4.78, 5) is 12.2. The van der Waals surface area contributed by atoms with Gasteiger partial charge in [0.15, 0.2) is 0 Å². The van der Waals surface area contributed by atoms with Crippen molar-refractivity contribution >= 4 is 6.03 Å². The van der Waals surface area contributed by atoms with Gasteiger partial charge in [-0.2, -0.15) is 0 Å². The minimum Gasteiger partial charge on any atom is -0.373 e. The summed E-state index contributed by atoms with van der Waals surface area (Å²) in [6.07, 6.45) is 2.81. The Kier molecular flexibility index (Phi) is 4.70. The lowest BCUT2D eigenvalue weighted by Crippen LogP contribution is -2.46. The molecule has 2 N–H and O–H groups in total. The van der Waals surface area contributed by atoms with Crippen molar-refractivity contribution in [2.24, 2.45) is 0 Å². The smallest absolute Gasteiger partial charge is 0.315 e. The summed E-state index contributed by atoms with van der Waals surface area (Å²) in [5, 5.41) is 6.15. The van der Waals surface area contributed by atoms with Gasteiger partial charge in [0.25, 0.3) is 0 Å². The summed E-state index contributed by atoms with van der Waals surface area (Å²) in [6, 6.07) is 18.8. The zero-order chi connectivity index (χ0) is 17.1. The number of rotatable bonds is 4. The number of hydrogen-bond acceptors (Lipinski definition) is 2. The number of nitrogens with one attached hydrogen (secondary N) is 2. The second-order valence-electron chi connectivity index (χ2n) is 6.95. The van der Waals surface area contributed by atoms with Gasteiger partial charge in [0, 0.05) is 25.1 Å². The van der Waals surface area contributed by atoms with E-state index in [9.17, 15) is 4.79 Å². The van der Waals surface area contributed by atoms with E-state index in [2.05, 4.69) is 47.0 Å². The van der Waals surface area contributed by atoms with Gasteiger partial charge in [0.2, 0.25) is 0 Å². The Morgan fingerprint density at radius 1 is 1.08 bits per heavy atom. The first-order valence-corrected chi connectivity index (χ1v) is 9.08. The molecule has 130 valence electrons. The van der Waals surface area contributed by atoms with Crippen LogP contribution in [0.25, 0.3) is 0 Å². The maximum atomic E-state index is 12.2. The number of benzene rings is 2. The summed E-state index contributed by atoms with van der Waals surface area (Å²) in [7, 11) is 0. The van der Waals surface area contributed by atoms with Crippen molar-refractivity contribution in [3.63, 3.8) is 0 Å². The lowest BCUT2D eigenvalue weighted by Gasteiger charge is -2.32. The van der Waals surface area contributed by atoms with E-state index in [4.69, 9.17) is 4.74 Å². The first-order valence-electron chi connectivity index (χ1n) is 9.08. The van der Waals surface area contributed by atoms with Crippen LogP contribution in [0.4, 0.5) is 4.79 Å². The Labute approximate surface area is 148 Å². The van der Waals surface area contributed by atoms with E-state index in [1.165, 1.54) is 16.7 Å². The van der Waals surface area contributed by atoms with Crippen molar-refractivity contribution in [2.75, 3.05) is 13.2 Å². The van der Waals surface area contributed by atoms with Gasteiger partial charge >= 0.3 is 6.03 Å². The summed E-state index contributed by atoms with van der Waals surface area (Å²) in [5.41, 5.74) is 3.96. The SMILES string of the molecule is O=C(NC[C@@H]1Cc2ccccc21)N[C@H]1CCO[C@H](c2ccccc2)C1. The van der Waals surface area contributed by atoms with E-state index >= 15 is 0 Å². The van der Waals surface area contributed by atoms with Crippen LogP contribution in [-0.2, 0) is 11.2 Å². The van der Waals surface area contributed by atoms with Crippen molar-refractivity contribution in [2.45, 2.75) is 37.3 Å². The molecule has 0 unspecified atom stereocenters. The molecule has 2 aromatic rings. The molecule has 2 amide bonds. The molecule has 0 aromatic heterocycles. The van der Waals surface area contributed by atoms with Crippen LogP contribution in [0, 0.1) is 0 Å². The Hall–Kier alpha value is -2.33. The fraction of sp³-hybridized carbons (Fsp3) is 0.381. The molecule has 0 saturated carbocycles. The van der Waals surface area contributed by atoms with Crippen LogP contribution in [0.2, 0.25) is 0 Å². The average molecular weight is 336 g/mol. The first kappa shape index (κ1) is 16.2. The van der Waals surface area contributed by atoms with Gasteiger partial charge in [-0.05, 0) is 36.0 Å². The van der Waals surface area contributed by atoms with Gasteiger partial charge in [0.1, 0.15) is 0 Å². The lowest BCUT2D eigenvalue weighted by atomic mass is 9.78. The molecule has 25 heavy (non-hydrogen) atoms. The van der Waals surface area contributed by atoms with Gasteiger partial charge < -0.3 is 15.4 Å². The number of fused-ring (bicyclic) bond motifs is 1. The lowest BCUT2D eigenvalue weighted by molar-refractivity contribution is 0.00226. The summed E-state index contributed by atoms with van der Waals surface area (Å²) < 4.78 is 5.87. The van der Waals surface area contributed by atoms with Crippen LogP contribution in [0.3, 0.4) is 0 Å². The molecule has 2 aliphatic rings. The predicted molar refractivity (Wildman–Crippen MR) is 97.6 cm³/mol. The van der Waals surface area contributed by atoms with Crippen molar-refractivity contribution in [3.05, 3.63) is 71.3 Å². The standard InChI is InChI=1S/C21H24N2O2/c24-21(22-14-17-12-16-8-4-5-9-19(16)17)23-18-10-11-25-20(13-18)15-6-2-1-3-7-15/h1-9,17-18,20H,10-14H2,(H2,22,23,24)/t17-,18-,20-/m0/s1. The van der Waals surface area contributed by atoms with E-state index in [0.29, 0.717) is 19.1 Å². The molecule has 4 rings (SSSR count). The van der Waals surface area contributed by atoms with Gasteiger partial charge in [-0.3, -0.25) is 0 Å². The van der Waals surface area contributed by atoms with Crippen molar-refractivity contribution in [1.82, 2.24) is 10.6 Å². The Morgan fingerprint density at radius 3 is 2.72 bits per heavy atom. The zero-order valence-electron chi connectivity index (χ0n) is 14.3. The molecule has 0 bridgehead atoms. The first-order chi connectivity index (χ1) is 12.3. The predicted octanol–water partition coefficient (Wildman–Crippen LogP) is 3.55. The highest BCUT2D eigenvalue weighted by atomic mass is 16.5. The van der Waals surface area contributed by atoms with Crippen molar-refractivity contribution < 1.29 is 9.53 Å². The van der Waals surface area contributed by atoms with Crippen LogP contribution in [0.1, 0.15) is 41.6 Å². The zero-order valence-corrected chi connectivity index (χ0v) is 14.3. The Balaban J connectivity index is 1.25. The minimum absolute atomic E-state index is 0.0666. The maximum Gasteiger partial charge on any atom is 0.315 e. The molecule has 1 saturated heterocycles. The van der Waals surface area contributed by atoms with Crippen LogP contribution < -0.4 is 10.6 Å². The summed E-state index contributed by atoms with van der Waals surface area (Å²) in [5.74, 6) is 0.453. The second kappa shape index (κ2) is 7.28. The van der Waals surface area contributed by atoms with Gasteiger partial charge in [0.05, 0.1) is 6.10 Å². The Morgan fingerprint density at radius 2 is 1.88 bits per heavy atom. The molecule has 4 nitrogen and oxygen atoms in total. The number of carbonyl (C=O) groups is 1. The highest BCUT2D eigenvalue weighted by Crippen LogP contribution is 2.34. The number of urea groups is 1. The molecule has 1 aliphatic carbocycles. The topological polar surface area (TPSA) is 50.4 Å². The molecule has 2 aromatic carbocycles. The molecule has 3 atom stereocenters. The molecule has 0 spiro atoms. The van der Waals surface area contributed by atoms with Crippen molar-refractivity contribution in [3.8, 4) is 0 Å². The molecule has 1 heterocycles. The highest BCUT2D eigenvalue weighted by Gasteiger charge is 2.27. The molecule has 0 radical (unpaired) electrons. The van der Waals surface area contributed by atoms with Crippen LogP contribution in [-0.4, -0.2) is 25.2 Å². The fourth-order valence-corrected chi connectivity index (χ4v) is 3.83.